The van der Waals surface area contributed by atoms with Crippen LogP contribution in [-0.2, 0) is 28.6 Å². The lowest BCUT2D eigenvalue weighted by Crippen LogP contribution is -2.30. The Morgan fingerprint density at radius 3 is 0.846 bits per heavy atom. The van der Waals surface area contributed by atoms with Gasteiger partial charge in [0.05, 0.1) is 0 Å². The van der Waals surface area contributed by atoms with Crippen LogP contribution in [-0.4, -0.2) is 37.2 Å². The summed E-state index contributed by atoms with van der Waals surface area (Å²) < 4.78 is 16.7. The molecule has 382 valence electrons. The molecule has 0 spiro atoms. The predicted octanol–water partition coefficient (Wildman–Crippen LogP) is 19.1. The number of carbonyl (C=O) groups excluding carboxylic acids is 3. The summed E-state index contributed by atoms with van der Waals surface area (Å²) in [6.07, 6.45) is 63.9. The molecule has 0 heterocycles. The average Bonchev–Trinajstić information content (AvgIpc) is 3.30. The molecule has 0 aliphatic heterocycles. The van der Waals surface area contributed by atoms with Gasteiger partial charge in [-0.05, 0) is 51.4 Å². The third-order valence-electron chi connectivity index (χ3n) is 13.0. The summed E-state index contributed by atoms with van der Waals surface area (Å²) in [5, 5.41) is 0. The molecule has 0 aromatic rings. The molecule has 0 aliphatic rings. The average molecular weight is 916 g/mol. The molecule has 0 saturated carbocycles. The Morgan fingerprint density at radius 1 is 0.308 bits per heavy atom. The molecule has 0 aliphatic carbocycles. The fourth-order valence-electron chi connectivity index (χ4n) is 8.59. The normalized spacial score (nSPS) is 12.1. The van der Waals surface area contributed by atoms with E-state index in [0.717, 1.165) is 64.2 Å². The highest BCUT2D eigenvalue weighted by Crippen LogP contribution is 2.17. The molecular formula is C59H110O6. The van der Waals surface area contributed by atoms with E-state index in [9.17, 15) is 14.4 Å². The molecular weight excluding hydrogens is 805 g/mol. The molecule has 0 saturated heterocycles. The van der Waals surface area contributed by atoms with E-state index >= 15 is 0 Å². The van der Waals surface area contributed by atoms with Gasteiger partial charge in [0, 0.05) is 19.3 Å². The van der Waals surface area contributed by atoms with Crippen LogP contribution in [0.5, 0.6) is 0 Å². The van der Waals surface area contributed by atoms with Gasteiger partial charge in [-0.3, -0.25) is 14.4 Å². The van der Waals surface area contributed by atoms with E-state index < -0.39 is 6.10 Å². The molecule has 0 N–H and O–H groups in total. The minimum Gasteiger partial charge on any atom is -0.462 e. The lowest BCUT2D eigenvalue weighted by molar-refractivity contribution is -0.167. The topological polar surface area (TPSA) is 78.9 Å². The summed E-state index contributed by atoms with van der Waals surface area (Å²) in [6, 6.07) is 0. The van der Waals surface area contributed by atoms with Gasteiger partial charge in [-0.15, -0.1) is 0 Å². The first kappa shape index (κ1) is 62.9. The maximum Gasteiger partial charge on any atom is 0.306 e. The highest BCUT2D eigenvalue weighted by atomic mass is 16.6. The molecule has 0 radical (unpaired) electrons. The number of hydrogen-bond acceptors (Lipinski definition) is 6. The predicted molar refractivity (Wildman–Crippen MR) is 279 cm³/mol. The van der Waals surface area contributed by atoms with Crippen molar-refractivity contribution >= 4 is 17.9 Å². The monoisotopic (exact) mass is 915 g/mol. The molecule has 0 aromatic carbocycles. The Morgan fingerprint density at radius 2 is 0.554 bits per heavy atom. The van der Waals surface area contributed by atoms with Crippen molar-refractivity contribution in [1.82, 2.24) is 0 Å². The molecule has 0 rings (SSSR count). The van der Waals surface area contributed by atoms with Crippen LogP contribution in [0, 0.1) is 0 Å². The van der Waals surface area contributed by atoms with Crippen LogP contribution in [0.25, 0.3) is 0 Å². The van der Waals surface area contributed by atoms with E-state index in [0.29, 0.717) is 19.3 Å². The number of rotatable bonds is 53. The Hall–Kier alpha value is -2.11. The molecule has 1 unspecified atom stereocenters. The largest absolute Gasteiger partial charge is 0.462 e. The second-order valence-electron chi connectivity index (χ2n) is 19.6. The summed E-state index contributed by atoms with van der Waals surface area (Å²) in [5.41, 5.74) is 0. The molecule has 0 fully saturated rings. The van der Waals surface area contributed by atoms with Crippen LogP contribution < -0.4 is 0 Å². The van der Waals surface area contributed by atoms with Crippen LogP contribution >= 0.6 is 0 Å². The van der Waals surface area contributed by atoms with Gasteiger partial charge >= 0.3 is 17.9 Å². The number of allylic oxidation sites excluding steroid dienone is 4. The van der Waals surface area contributed by atoms with Gasteiger partial charge in [0.15, 0.2) is 6.10 Å². The molecule has 6 heteroatoms. The van der Waals surface area contributed by atoms with Crippen molar-refractivity contribution in [1.29, 1.82) is 0 Å². The maximum atomic E-state index is 12.6. The van der Waals surface area contributed by atoms with Crippen LogP contribution in [0.2, 0.25) is 0 Å². The molecule has 0 bridgehead atoms. The van der Waals surface area contributed by atoms with Gasteiger partial charge in [0.25, 0.3) is 0 Å². The third kappa shape index (κ3) is 52.7. The Labute approximate surface area is 404 Å². The molecule has 0 aromatic heterocycles. The van der Waals surface area contributed by atoms with Crippen molar-refractivity contribution in [2.45, 2.75) is 322 Å². The lowest BCUT2D eigenvalue weighted by atomic mass is 10.0. The van der Waals surface area contributed by atoms with Crippen molar-refractivity contribution < 1.29 is 28.6 Å². The van der Waals surface area contributed by atoms with Crippen molar-refractivity contribution in [3.63, 3.8) is 0 Å². The van der Waals surface area contributed by atoms with E-state index in [1.807, 2.05) is 0 Å². The molecule has 0 amide bonds. The van der Waals surface area contributed by atoms with E-state index in [1.54, 1.807) is 0 Å². The Bertz CT molecular complexity index is 1050. The van der Waals surface area contributed by atoms with Gasteiger partial charge in [0.2, 0.25) is 0 Å². The standard InChI is InChI=1S/C59H110O6/c1-4-7-10-13-16-17-18-19-20-21-22-23-24-25-26-27-28-29-30-31-32-33-34-35-36-37-38-39-40-41-44-46-49-52-58(61)64-55-56(65-59(62)53-50-47-43-15-12-9-6-3)54-63-57(60)51-48-45-42-14-11-8-5-2/h18-19,21-22,56H,4-17,20,23-55H2,1-3H3/b19-18-,22-21-. The quantitative estimate of drug-likeness (QED) is 0.0262. The minimum absolute atomic E-state index is 0.0659. The maximum absolute atomic E-state index is 12.6. The summed E-state index contributed by atoms with van der Waals surface area (Å²) in [4.78, 5) is 37.6. The first-order valence-corrected chi connectivity index (χ1v) is 28.8. The smallest absolute Gasteiger partial charge is 0.306 e. The lowest BCUT2D eigenvalue weighted by Gasteiger charge is -2.18. The molecule has 6 nitrogen and oxygen atoms in total. The van der Waals surface area contributed by atoms with Crippen LogP contribution in [0.15, 0.2) is 24.3 Å². The van der Waals surface area contributed by atoms with E-state index in [-0.39, 0.29) is 31.1 Å². The zero-order chi connectivity index (χ0) is 47.2. The van der Waals surface area contributed by atoms with Crippen molar-refractivity contribution in [3.05, 3.63) is 24.3 Å². The van der Waals surface area contributed by atoms with Crippen LogP contribution in [0.3, 0.4) is 0 Å². The van der Waals surface area contributed by atoms with E-state index in [1.165, 1.54) is 212 Å². The first-order chi connectivity index (χ1) is 32.0. The molecule has 65 heavy (non-hydrogen) atoms. The van der Waals surface area contributed by atoms with Crippen molar-refractivity contribution in [2.75, 3.05) is 13.2 Å². The second-order valence-corrected chi connectivity index (χ2v) is 19.6. The summed E-state index contributed by atoms with van der Waals surface area (Å²) >= 11 is 0. The number of esters is 3. The summed E-state index contributed by atoms with van der Waals surface area (Å²) in [7, 11) is 0. The zero-order valence-electron chi connectivity index (χ0n) is 43.8. The Kier molecular flexibility index (Phi) is 52.7. The number of carbonyl (C=O) groups is 3. The summed E-state index contributed by atoms with van der Waals surface area (Å²) in [5.74, 6) is -0.866. The van der Waals surface area contributed by atoms with Crippen LogP contribution in [0.4, 0.5) is 0 Å². The second kappa shape index (κ2) is 54.5. The highest BCUT2D eigenvalue weighted by Gasteiger charge is 2.19. The SMILES string of the molecule is CCCCCCC/C=C\C/C=C\CCCCCCCCCCCCCCCCCCCCCCCC(=O)OCC(COC(=O)CCCCCCCCC)OC(=O)CCCCCCCCC. The van der Waals surface area contributed by atoms with E-state index in [4.69, 9.17) is 14.2 Å². The fourth-order valence-corrected chi connectivity index (χ4v) is 8.59. The van der Waals surface area contributed by atoms with Gasteiger partial charge < -0.3 is 14.2 Å². The Balaban J connectivity index is 3.80. The van der Waals surface area contributed by atoms with Crippen LogP contribution in [0.1, 0.15) is 316 Å². The first-order valence-electron chi connectivity index (χ1n) is 28.8. The molecule has 1 atom stereocenters. The number of hydrogen-bond donors (Lipinski definition) is 0. The number of unbranched alkanes of at least 4 members (excludes halogenated alkanes) is 38. The zero-order valence-corrected chi connectivity index (χ0v) is 43.8. The highest BCUT2D eigenvalue weighted by molar-refractivity contribution is 5.71. The van der Waals surface area contributed by atoms with E-state index in [2.05, 4.69) is 45.1 Å². The van der Waals surface area contributed by atoms with Gasteiger partial charge in [-0.25, -0.2) is 0 Å². The fraction of sp³-hybridized carbons (Fsp3) is 0.881. The van der Waals surface area contributed by atoms with Gasteiger partial charge in [-0.1, -0.05) is 270 Å². The van der Waals surface area contributed by atoms with Gasteiger partial charge in [0.1, 0.15) is 13.2 Å². The minimum atomic E-state index is -0.760. The van der Waals surface area contributed by atoms with Crippen molar-refractivity contribution in [3.8, 4) is 0 Å². The van der Waals surface area contributed by atoms with Gasteiger partial charge in [-0.2, -0.15) is 0 Å². The summed E-state index contributed by atoms with van der Waals surface area (Å²) in [6.45, 7) is 6.57. The van der Waals surface area contributed by atoms with Crippen molar-refractivity contribution in [2.24, 2.45) is 0 Å². The third-order valence-corrected chi connectivity index (χ3v) is 13.0. The number of ether oxygens (including phenoxy) is 3.